The number of hydrogen-bond acceptors (Lipinski definition) is 3. The van der Waals surface area contributed by atoms with Crippen molar-refractivity contribution < 1.29 is 9.53 Å². The molecule has 1 N–H and O–H groups in total. The lowest BCUT2D eigenvalue weighted by atomic mass is 10.0. The number of likely N-dealkylation sites (tertiary alicyclic amines) is 1. The lowest BCUT2D eigenvalue weighted by molar-refractivity contribution is 0.189. The SMILES string of the molecule is O=C(Nc1ccccc1COc1ccccc1)N1CCCCCC1c1ccncc1. The van der Waals surface area contributed by atoms with Crippen LogP contribution in [0.3, 0.4) is 0 Å². The van der Waals surface area contributed by atoms with Crippen molar-refractivity contribution in [3.05, 3.63) is 90.3 Å². The van der Waals surface area contributed by atoms with Crippen molar-refractivity contribution in [2.75, 3.05) is 11.9 Å². The molecule has 3 aromatic rings. The summed E-state index contributed by atoms with van der Waals surface area (Å²) in [6.07, 6.45) is 7.86. The lowest BCUT2D eigenvalue weighted by Crippen LogP contribution is -2.38. The monoisotopic (exact) mass is 401 g/mol. The van der Waals surface area contributed by atoms with E-state index in [1.165, 1.54) is 0 Å². The average Bonchev–Trinajstić information content (AvgIpc) is 3.06. The topological polar surface area (TPSA) is 54.5 Å². The zero-order chi connectivity index (χ0) is 20.6. The van der Waals surface area contributed by atoms with Crippen LogP contribution >= 0.6 is 0 Å². The summed E-state index contributed by atoms with van der Waals surface area (Å²) in [7, 11) is 0. The fourth-order valence-electron chi connectivity index (χ4n) is 3.92. The predicted molar refractivity (Wildman–Crippen MR) is 118 cm³/mol. The third-order valence-electron chi connectivity index (χ3n) is 5.50. The minimum atomic E-state index is -0.0640. The standard InChI is InChI=1S/C25H27N3O2/c29-25(28-18-8-2-5-13-24(28)20-14-16-26-17-15-20)27-23-12-7-6-9-21(23)19-30-22-10-3-1-4-11-22/h1,3-4,6-7,9-12,14-17,24H,2,5,8,13,18-19H2,(H,27,29). The molecule has 1 atom stereocenters. The maximum absolute atomic E-state index is 13.3. The highest BCUT2D eigenvalue weighted by Crippen LogP contribution is 2.30. The molecule has 0 spiro atoms. The number of pyridine rings is 1. The summed E-state index contributed by atoms with van der Waals surface area (Å²) < 4.78 is 5.90. The van der Waals surface area contributed by atoms with E-state index in [4.69, 9.17) is 4.74 Å². The van der Waals surface area contributed by atoms with E-state index in [1.807, 2.05) is 71.6 Å². The number of carbonyl (C=O) groups is 1. The van der Waals surface area contributed by atoms with Crippen molar-refractivity contribution >= 4 is 11.7 Å². The van der Waals surface area contributed by atoms with E-state index in [2.05, 4.69) is 10.3 Å². The number of nitrogens with one attached hydrogen (secondary N) is 1. The summed E-state index contributed by atoms with van der Waals surface area (Å²) in [6, 6.07) is 21.6. The number of benzene rings is 2. The van der Waals surface area contributed by atoms with Gasteiger partial charge in [-0.25, -0.2) is 4.79 Å². The Bertz CT molecular complexity index is 947. The van der Waals surface area contributed by atoms with Crippen molar-refractivity contribution in [2.45, 2.75) is 38.3 Å². The maximum Gasteiger partial charge on any atom is 0.322 e. The molecule has 0 bridgehead atoms. The first-order valence-corrected chi connectivity index (χ1v) is 10.5. The van der Waals surface area contributed by atoms with Gasteiger partial charge in [-0.1, -0.05) is 49.2 Å². The molecule has 5 heteroatoms. The number of amides is 2. The largest absolute Gasteiger partial charge is 0.489 e. The Hall–Kier alpha value is -3.34. The molecule has 5 nitrogen and oxygen atoms in total. The van der Waals surface area contributed by atoms with Crippen LogP contribution in [0.15, 0.2) is 79.1 Å². The van der Waals surface area contributed by atoms with Gasteiger partial charge < -0.3 is 15.0 Å². The molecule has 1 unspecified atom stereocenters. The number of urea groups is 1. The quantitative estimate of drug-likeness (QED) is 0.587. The van der Waals surface area contributed by atoms with E-state index in [0.717, 1.165) is 54.8 Å². The zero-order valence-electron chi connectivity index (χ0n) is 17.0. The molecular formula is C25H27N3O2. The van der Waals surface area contributed by atoms with Gasteiger partial charge in [0.05, 0.1) is 6.04 Å². The van der Waals surface area contributed by atoms with Crippen LogP contribution in [0.25, 0.3) is 0 Å². The molecular weight excluding hydrogens is 374 g/mol. The van der Waals surface area contributed by atoms with Gasteiger partial charge in [0.15, 0.2) is 0 Å². The van der Waals surface area contributed by atoms with Gasteiger partial charge in [-0.3, -0.25) is 4.98 Å². The molecule has 2 amide bonds. The van der Waals surface area contributed by atoms with Gasteiger partial charge in [-0.2, -0.15) is 0 Å². The summed E-state index contributed by atoms with van der Waals surface area (Å²) in [6.45, 7) is 1.15. The highest BCUT2D eigenvalue weighted by Gasteiger charge is 2.27. The Kier molecular flexibility index (Phi) is 6.60. The molecule has 1 aliphatic heterocycles. The number of aromatic nitrogens is 1. The minimum Gasteiger partial charge on any atom is -0.489 e. The second kappa shape index (κ2) is 9.92. The van der Waals surface area contributed by atoms with E-state index >= 15 is 0 Å². The van der Waals surface area contributed by atoms with E-state index in [-0.39, 0.29) is 12.1 Å². The molecule has 2 aromatic carbocycles. The maximum atomic E-state index is 13.3. The van der Waals surface area contributed by atoms with Crippen LogP contribution in [0.5, 0.6) is 5.75 Å². The summed E-state index contributed by atoms with van der Waals surface area (Å²) in [5.74, 6) is 0.809. The van der Waals surface area contributed by atoms with E-state index < -0.39 is 0 Å². The molecule has 30 heavy (non-hydrogen) atoms. The Morgan fingerprint density at radius 1 is 0.967 bits per heavy atom. The zero-order valence-corrected chi connectivity index (χ0v) is 17.0. The second-order valence-corrected chi connectivity index (χ2v) is 7.53. The molecule has 1 aliphatic rings. The van der Waals surface area contributed by atoms with Gasteiger partial charge in [0.2, 0.25) is 0 Å². The Morgan fingerprint density at radius 3 is 2.57 bits per heavy atom. The molecule has 1 aromatic heterocycles. The number of anilines is 1. The first kappa shape index (κ1) is 20.0. The molecule has 0 radical (unpaired) electrons. The third-order valence-corrected chi connectivity index (χ3v) is 5.50. The Labute approximate surface area is 177 Å². The molecule has 1 saturated heterocycles. The lowest BCUT2D eigenvalue weighted by Gasteiger charge is -2.30. The van der Waals surface area contributed by atoms with Crippen molar-refractivity contribution in [3.8, 4) is 5.75 Å². The Balaban J connectivity index is 1.49. The van der Waals surface area contributed by atoms with Gasteiger partial charge in [0, 0.05) is 30.2 Å². The fourth-order valence-corrected chi connectivity index (χ4v) is 3.92. The van der Waals surface area contributed by atoms with Crippen molar-refractivity contribution in [3.63, 3.8) is 0 Å². The Morgan fingerprint density at radius 2 is 1.73 bits per heavy atom. The van der Waals surface area contributed by atoms with E-state index in [0.29, 0.717) is 6.61 Å². The molecule has 2 heterocycles. The number of hydrogen-bond donors (Lipinski definition) is 1. The number of carbonyl (C=O) groups excluding carboxylic acids is 1. The van der Waals surface area contributed by atoms with Crippen molar-refractivity contribution in [1.29, 1.82) is 0 Å². The predicted octanol–water partition coefficient (Wildman–Crippen LogP) is 5.81. The van der Waals surface area contributed by atoms with Gasteiger partial charge in [-0.15, -0.1) is 0 Å². The number of para-hydroxylation sites is 2. The van der Waals surface area contributed by atoms with Crippen LogP contribution in [0.4, 0.5) is 10.5 Å². The first-order valence-electron chi connectivity index (χ1n) is 10.5. The molecule has 1 fully saturated rings. The van der Waals surface area contributed by atoms with Gasteiger partial charge in [0.1, 0.15) is 12.4 Å². The first-order chi connectivity index (χ1) is 14.8. The number of rotatable bonds is 5. The van der Waals surface area contributed by atoms with Crippen molar-refractivity contribution in [2.24, 2.45) is 0 Å². The van der Waals surface area contributed by atoms with Gasteiger partial charge >= 0.3 is 6.03 Å². The van der Waals surface area contributed by atoms with Crippen LogP contribution in [0, 0.1) is 0 Å². The van der Waals surface area contributed by atoms with Gasteiger partial charge in [-0.05, 0) is 48.7 Å². The smallest absolute Gasteiger partial charge is 0.322 e. The number of ether oxygens (including phenoxy) is 1. The summed E-state index contributed by atoms with van der Waals surface area (Å²) in [5, 5.41) is 3.14. The summed E-state index contributed by atoms with van der Waals surface area (Å²) >= 11 is 0. The van der Waals surface area contributed by atoms with Crippen molar-refractivity contribution in [1.82, 2.24) is 9.88 Å². The molecule has 4 rings (SSSR count). The fraction of sp³-hybridized carbons (Fsp3) is 0.280. The second-order valence-electron chi connectivity index (χ2n) is 7.53. The van der Waals surface area contributed by atoms with Crippen LogP contribution in [-0.2, 0) is 6.61 Å². The third kappa shape index (κ3) is 4.98. The van der Waals surface area contributed by atoms with E-state index in [9.17, 15) is 4.79 Å². The highest BCUT2D eigenvalue weighted by atomic mass is 16.5. The van der Waals surface area contributed by atoms with Gasteiger partial charge in [0.25, 0.3) is 0 Å². The van der Waals surface area contributed by atoms with Crippen LogP contribution < -0.4 is 10.1 Å². The minimum absolute atomic E-state index is 0.0640. The molecule has 0 aliphatic carbocycles. The normalized spacial score (nSPS) is 16.5. The summed E-state index contributed by atoms with van der Waals surface area (Å²) in [5.41, 5.74) is 2.88. The highest BCUT2D eigenvalue weighted by molar-refractivity contribution is 5.90. The number of nitrogens with zero attached hydrogens (tertiary/aromatic N) is 2. The van der Waals surface area contributed by atoms with Crippen LogP contribution in [-0.4, -0.2) is 22.5 Å². The molecule has 154 valence electrons. The summed E-state index contributed by atoms with van der Waals surface area (Å²) in [4.78, 5) is 19.4. The molecule has 0 saturated carbocycles. The average molecular weight is 402 g/mol. The van der Waals surface area contributed by atoms with E-state index in [1.54, 1.807) is 12.4 Å². The van der Waals surface area contributed by atoms with Crippen LogP contribution in [0.2, 0.25) is 0 Å². The van der Waals surface area contributed by atoms with Crippen LogP contribution in [0.1, 0.15) is 42.9 Å².